The Morgan fingerprint density at radius 2 is 2.10 bits per heavy atom. The Bertz CT molecular complexity index is 562. The molecular formula is C16H20N2O2. The predicted molar refractivity (Wildman–Crippen MR) is 77.4 cm³/mol. The normalized spacial score (nSPS) is 20.2. The van der Waals surface area contributed by atoms with Crippen molar-refractivity contribution in [2.45, 2.75) is 26.4 Å². The zero-order valence-electron chi connectivity index (χ0n) is 12.0. The van der Waals surface area contributed by atoms with Crippen LogP contribution in [0.4, 0.5) is 0 Å². The van der Waals surface area contributed by atoms with Gasteiger partial charge < -0.3 is 9.15 Å². The molecule has 0 radical (unpaired) electrons. The molecule has 1 atom stereocenters. The molecule has 0 saturated carbocycles. The van der Waals surface area contributed by atoms with Gasteiger partial charge in [-0.25, -0.2) is 4.98 Å². The number of rotatable bonds is 3. The van der Waals surface area contributed by atoms with Crippen LogP contribution in [0.25, 0.3) is 11.5 Å². The molecular weight excluding hydrogens is 252 g/mol. The number of hydrogen-bond donors (Lipinski definition) is 0. The van der Waals surface area contributed by atoms with E-state index in [4.69, 9.17) is 9.15 Å². The minimum absolute atomic E-state index is 0.434. The highest BCUT2D eigenvalue weighted by Gasteiger charge is 2.20. The van der Waals surface area contributed by atoms with Crippen molar-refractivity contribution in [3.8, 4) is 11.5 Å². The number of hydrogen-bond acceptors (Lipinski definition) is 4. The molecule has 4 nitrogen and oxygen atoms in total. The highest BCUT2D eigenvalue weighted by molar-refractivity contribution is 5.53. The number of aryl methyl sites for hydroxylation is 1. The van der Waals surface area contributed by atoms with E-state index in [1.54, 1.807) is 6.26 Å². The smallest absolute Gasteiger partial charge is 0.226 e. The lowest BCUT2D eigenvalue weighted by molar-refractivity contribution is -0.00491. The Hall–Kier alpha value is -1.65. The summed E-state index contributed by atoms with van der Waals surface area (Å²) in [6.07, 6.45) is 1.76. The fraction of sp³-hybridized carbons (Fsp3) is 0.438. The van der Waals surface area contributed by atoms with Crippen LogP contribution < -0.4 is 0 Å². The maximum atomic E-state index is 5.60. The van der Waals surface area contributed by atoms with Gasteiger partial charge in [-0.05, 0) is 26.0 Å². The summed E-state index contributed by atoms with van der Waals surface area (Å²) in [7, 11) is 0. The van der Waals surface area contributed by atoms with Crippen molar-refractivity contribution < 1.29 is 9.15 Å². The lowest BCUT2D eigenvalue weighted by Crippen LogP contribution is -2.42. The molecule has 0 spiro atoms. The van der Waals surface area contributed by atoms with E-state index in [0.717, 1.165) is 37.6 Å². The largest absolute Gasteiger partial charge is 0.444 e. The minimum atomic E-state index is 0.434. The zero-order valence-corrected chi connectivity index (χ0v) is 12.0. The van der Waals surface area contributed by atoms with Crippen LogP contribution in [0.1, 0.15) is 18.2 Å². The van der Waals surface area contributed by atoms with Gasteiger partial charge in [0.05, 0.1) is 18.9 Å². The van der Waals surface area contributed by atoms with Gasteiger partial charge in [-0.2, -0.15) is 0 Å². The lowest BCUT2D eigenvalue weighted by atomic mass is 10.1. The molecule has 106 valence electrons. The summed E-state index contributed by atoms with van der Waals surface area (Å²) in [4.78, 5) is 6.96. The zero-order chi connectivity index (χ0) is 13.9. The van der Waals surface area contributed by atoms with Gasteiger partial charge in [0.1, 0.15) is 6.26 Å². The van der Waals surface area contributed by atoms with Gasteiger partial charge in [-0.15, -0.1) is 0 Å². The quantitative estimate of drug-likeness (QED) is 0.861. The maximum Gasteiger partial charge on any atom is 0.226 e. The molecule has 3 rings (SSSR count). The monoisotopic (exact) mass is 272 g/mol. The van der Waals surface area contributed by atoms with Crippen molar-refractivity contribution in [2.24, 2.45) is 0 Å². The molecule has 0 bridgehead atoms. The summed E-state index contributed by atoms with van der Waals surface area (Å²) in [6.45, 7) is 7.62. The van der Waals surface area contributed by atoms with Gasteiger partial charge in [0.2, 0.25) is 5.89 Å². The number of nitrogens with zero attached hydrogens (tertiary/aromatic N) is 2. The second-order valence-electron chi connectivity index (χ2n) is 5.40. The number of morpholine rings is 1. The van der Waals surface area contributed by atoms with Crippen molar-refractivity contribution in [2.75, 3.05) is 19.8 Å². The van der Waals surface area contributed by atoms with Crippen LogP contribution >= 0.6 is 0 Å². The molecule has 2 heterocycles. The molecule has 1 aliphatic rings. The van der Waals surface area contributed by atoms with Crippen molar-refractivity contribution in [3.05, 3.63) is 41.8 Å². The first kappa shape index (κ1) is 13.3. The second-order valence-corrected chi connectivity index (χ2v) is 5.40. The highest BCUT2D eigenvalue weighted by Crippen LogP contribution is 2.20. The van der Waals surface area contributed by atoms with E-state index in [1.807, 2.05) is 12.1 Å². The summed E-state index contributed by atoms with van der Waals surface area (Å²) >= 11 is 0. The first-order valence-electron chi connectivity index (χ1n) is 7.05. The third kappa shape index (κ3) is 2.92. The molecule has 0 N–H and O–H groups in total. The Labute approximate surface area is 119 Å². The SMILES string of the molecule is Cc1ccc(-c2nc(CN3CCOCC3C)co2)cc1. The second kappa shape index (κ2) is 5.77. The van der Waals surface area contributed by atoms with Crippen LogP contribution in [-0.2, 0) is 11.3 Å². The number of oxazole rings is 1. The molecule has 1 fully saturated rings. The fourth-order valence-electron chi connectivity index (χ4n) is 2.41. The number of benzene rings is 1. The molecule has 1 aromatic carbocycles. The average Bonchev–Trinajstić information content (AvgIpc) is 2.91. The standard InChI is InChI=1S/C16H20N2O2/c1-12-3-5-14(6-4-12)16-17-15(11-20-16)9-18-7-8-19-10-13(18)2/h3-6,11,13H,7-10H2,1-2H3. The van der Waals surface area contributed by atoms with Crippen LogP contribution in [0, 0.1) is 6.92 Å². The average molecular weight is 272 g/mol. The van der Waals surface area contributed by atoms with Crippen LogP contribution in [-0.4, -0.2) is 35.7 Å². The number of aromatic nitrogens is 1. The lowest BCUT2D eigenvalue weighted by Gasteiger charge is -2.32. The Kier molecular flexibility index (Phi) is 3.85. The van der Waals surface area contributed by atoms with Crippen LogP contribution in [0.15, 0.2) is 34.9 Å². The van der Waals surface area contributed by atoms with Crippen molar-refractivity contribution in [3.63, 3.8) is 0 Å². The Balaban J connectivity index is 1.71. The van der Waals surface area contributed by atoms with Crippen molar-refractivity contribution in [1.82, 2.24) is 9.88 Å². The van der Waals surface area contributed by atoms with E-state index in [9.17, 15) is 0 Å². The fourth-order valence-corrected chi connectivity index (χ4v) is 2.41. The van der Waals surface area contributed by atoms with Gasteiger partial charge in [-0.1, -0.05) is 17.7 Å². The van der Waals surface area contributed by atoms with Gasteiger partial charge in [0, 0.05) is 24.7 Å². The molecule has 1 aromatic heterocycles. The molecule has 4 heteroatoms. The topological polar surface area (TPSA) is 38.5 Å². The summed E-state index contributed by atoms with van der Waals surface area (Å²) in [5.74, 6) is 0.695. The summed E-state index contributed by atoms with van der Waals surface area (Å²) in [6, 6.07) is 8.67. The van der Waals surface area contributed by atoms with Gasteiger partial charge >= 0.3 is 0 Å². The van der Waals surface area contributed by atoms with E-state index in [0.29, 0.717) is 11.9 Å². The van der Waals surface area contributed by atoms with E-state index < -0.39 is 0 Å². The summed E-state index contributed by atoms with van der Waals surface area (Å²) in [5, 5.41) is 0. The third-order valence-electron chi connectivity index (χ3n) is 3.72. The molecule has 1 saturated heterocycles. The summed E-state index contributed by atoms with van der Waals surface area (Å²) in [5.41, 5.74) is 3.24. The molecule has 2 aromatic rings. The van der Waals surface area contributed by atoms with Gasteiger partial charge in [0.25, 0.3) is 0 Å². The van der Waals surface area contributed by atoms with E-state index in [-0.39, 0.29) is 0 Å². The van der Waals surface area contributed by atoms with Crippen LogP contribution in [0.5, 0.6) is 0 Å². The number of ether oxygens (including phenoxy) is 1. The molecule has 20 heavy (non-hydrogen) atoms. The first-order chi connectivity index (χ1) is 9.72. The van der Waals surface area contributed by atoms with Gasteiger partial charge in [-0.3, -0.25) is 4.90 Å². The highest BCUT2D eigenvalue weighted by atomic mass is 16.5. The van der Waals surface area contributed by atoms with E-state index in [2.05, 4.69) is 35.9 Å². The van der Waals surface area contributed by atoms with Crippen molar-refractivity contribution >= 4 is 0 Å². The maximum absolute atomic E-state index is 5.60. The Morgan fingerprint density at radius 1 is 1.30 bits per heavy atom. The third-order valence-corrected chi connectivity index (χ3v) is 3.72. The van der Waals surface area contributed by atoms with Crippen molar-refractivity contribution in [1.29, 1.82) is 0 Å². The Morgan fingerprint density at radius 3 is 2.85 bits per heavy atom. The van der Waals surface area contributed by atoms with Gasteiger partial charge in [0.15, 0.2) is 0 Å². The van der Waals surface area contributed by atoms with Crippen LogP contribution in [0.3, 0.4) is 0 Å². The molecule has 0 amide bonds. The van der Waals surface area contributed by atoms with E-state index >= 15 is 0 Å². The minimum Gasteiger partial charge on any atom is -0.444 e. The molecule has 0 aliphatic carbocycles. The summed E-state index contributed by atoms with van der Waals surface area (Å²) < 4.78 is 11.0. The first-order valence-corrected chi connectivity index (χ1v) is 7.05. The molecule has 1 unspecified atom stereocenters. The van der Waals surface area contributed by atoms with E-state index in [1.165, 1.54) is 5.56 Å². The molecule has 1 aliphatic heterocycles. The van der Waals surface area contributed by atoms with Crippen LogP contribution in [0.2, 0.25) is 0 Å². The predicted octanol–water partition coefficient (Wildman–Crippen LogP) is 2.87.